The molecule has 2 aliphatic rings. The quantitative estimate of drug-likeness (QED) is 0.880. The molecule has 0 radical (unpaired) electrons. The van der Waals surface area contributed by atoms with Crippen molar-refractivity contribution in [2.24, 2.45) is 11.8 Å². The van der Waals surface area contributed by atoms with Gasteiger partial charge >= 0.3 is 0 Å². The third-order valence-corrected chi connectivity index (χ3v) is 4.30. The molecule has 5 nitrogen and oxygen atoms in total. The van der Waals surface area contributed by atoms with Gasteiger partial charge in [-0.3, -0.25) is 9.78 Å². The van der Waals surface area contributed by atoms with Crippen LogP contribution in [0.15, 0.2) is 24.5 Å². The maximum Gasteiger partial charge on any atom is 0.225 e. The van der Waals surface area contributed by atoms with Gasteiger partial charge in [-0.15, -0.1) is 0 Å². The van der Waals surface area contributed by atoms with Gasteiger partial charge < -0.3 is 15.0 Å². The molecule has 3 rings (SSSR count). The molecule has 5 heteroatoms. The van der Waals surface area contributed by atoms with E-state index in [1.807, 2.05) is 12.1 Å². The molecule has 0 saturated carbocycles. The van der Waals surface area contributed by atoms with Crippen molar-refractivity contribution < 1.29 is 9.53 Å². The zero-order valence-corrected chi connectivity index (χ0v) is 11.8. The van der Waals surface area contributed by atoms with Crippen molar-refractivity contribution in [3.05, 3.63) is 30.1 Å². The maximum absolute atomic E-state index is 12.4. The van der Waals surface area contributed by atoms with E-state index in [9.17, 15) is 4.79 Å². The van der Waals surface area contributed by atoms with Crippen molar-refractivity contribution in [1.29, 1.82) is 0 Å². The second-order valence-corrected chi connectivity index (χ2v) is 5.77. The van der Waals surface area contributed by atoms with Crippen LogP contribution in [0.25, 0.3) is 0 Å². The smallest absolute Gasteiger partial charge is 0.225 e. The number of nitrogens with zero attached hydrogens (tertiary/aromatic N) is 2. The SMILES string of the molecule is CN1C[C@@H]2OCC[C@@H]2[C@@H](C(=O)NCc2cccnc2)C1. The Morgan fingerprint density at radius 3 is 3.25 bits per heavy atom. The summed E-state index contributed by atoms with van der Waals surface area (Å²) in [5.41, 5.74) is 1.03. The lowest BCUT2D eigenvalue weighted by Gasteiger charge is -2.37. The monoisotopic (exact) mass is 275 g/mol. The average molecular weight is 275 g/mol. The zero-order valence-electron chi connectivity index (χ0n) is 11.8. The largest absolute Gasteiger partial charge is 0.377 e. The summed E-state index contributed by atoms with van der Waals surface area (Å²) < 4.78 is 5.74. The summed E-state index contributed by atoms with van der Waals surface area (Å²) >= 11 is 0. The maximum atomic E-state index is 12.4. The van der Waals surface area contributed by atoms with E-state index in [4.69, 9.17) is 4.74 Å². The topological polar surface area (TPSA) is 54.5 Å². The van der Waals surface area contributed by atoms with Crippen molar-refractivity contribution in [3.63, 3.8) is 0 Å². The fourth-order valence-corrected chi connectivity index (χ4v) is 3.27. The van der Waals surface area contributed by atoms with Gasteiger partial charge in [0.15, 0.2) is 0 Å². The summed E-state index contributed by atoms with van der Waals surface area (Å²) in [5.74, 6) is 0.555. The van der Waals surface area contributed by atoms with E-state index in [2.05, 4.69) is 22.2 Å². The van der Waals surface area contributed by atoms with Crippen LogP contribution in [0.4, 0.5) is 0 Å². The number of ether oxygens (including phenoxy) is 1. The van der Waals surface area contributed by atoms with Crippen LogP contribution in [-0.2, 0) is 16.1 Å². The number of aromatic nitrogens is 1. The zero-order chi connectivity index (χ0) is 13.9. The minimum Gasteiger partial charge on any atom is -0.377 e. The molecule has 0 aromatic carbocycles. The van der Waals surface area contributed by atoms with Crippen molar-refractivity contribution in [2.45, 2.75) is 19.1 Å². The van der Waals surface area contributed by atoms with E-state index in [0.717, 1.165) is 31.7 Å². The first-order valence-electron chi connectivity index (χ1n) is 7.21. The van der Waals surface area contributed by atoms with Crippen LogP contribution in [0, 0.1) is 11.8 Å². The first kappa shape index (κ1) is 13.5. The van der Waals surface area contributed by atoms with Gasteiger partial charge in [0.25, 0.3) is 0 Å². The number of likely N-dealkylation sites (tertiary alicyclic amines) is 1. The third kappa shape index (κ3) is 2.83. The number of carbonyl (C=O) groups excluding carboxylic acids is 1. The van der Waals surface area contributed by atoms with Crippen LogP contribution in [0.5, 0.6) is 0 Å². The number of hydrogen-bond acceptors (Lipinski definition) is 4. The van der Waals surface area contributed by atoms with E-state index in [0.29, 0.717) is 12.5 Å². The van der Waals surface area contributed by atoms with Crippen molar-refractivity contribution in [2.75, 3.05) is 26.7 Å². The highest BCUT2D eigenvalue weighted by Crippen LogP contribution is 2.33. The fraction of sp³-hybridized carbons (Fsp3) is 0.600. The number of pyridine rings is 1. The highest BCUT2D eigenvalue weighted by molar-refractivity contribution is 5.79. The van der Waals surface area contributed by atoms with Gasteiger partial charge in [0.1, 0.15) is 0 Å². The molecule has 0 bridgehead atoms. The lowest BCUT2D eigenvalue weighted by atomic mass is 9.82. The Labute approximate surface area is 119 Å². The second-order valence-electron chi connectivity index (χ2n) is 5.77. The molecule has 1 aromatic heterocycles. The Hall–Kier alpha value is -1.46. The number of rotatable bonds is 3. The van der Waals surface area contributed by atoms with Crippen LogP contribution < -0.4 is 5.32 Å². The van der Waals surface area contributed by atoms with Gasteiger partial charge in [-0.05, 0) is 25.1 Å². The predicted molar refractivity (Wildman–Crippen MR) is 74.9 cm³/mol. The molecule has 2 fully saturated rings. The fourth-order valence-electron chi connectivity index (χ4n) is 3.27. The number of carbonyl (C=O) groups is 1. The van der Waals surface area contributed by atoms with Gasteiger partial charge in [0, 0.05) is 44.6 Å². The highest BCUT2D eigenvalue weighted by atomic mass is 16.5. The standard InChI is InChI=1S/C15H21N3O2/c1-18-9-13(12-4-6-20-14(12)10-18)15(19)17-8-11-3-2-5-16-7-11/h2-3,5,7,12-14H,4,6,8-10H2,1H3,(H,17,19)/t12-,13+,14+/m1/s1. The van der Waals surface area contributed by atoms with Crippen molar-refractivity contribution >= 4 is 5.91 Å². The predicted octanol–water partition coefficient (Wildman–Crippen LogP) is 0.664. The molecule has 20 heavy (non-hydrogen) atoms. The molecular weight excluding hydrogens is 254 g/mol. The summed E-state index contributed by atoms with van der Waals surface area (Å²) in [5, 5.41) is 3.04. The number of likely N-dealkylation sites (N-methyl/N-ethyl adjacent to an activating group) is 1. The molecule has 108 valence electrons. The molecule has 1 N–H and O–H groups in total. The molecule has 2 aliphatic heterocycles. The van der Waals surface area contributed by atoms with Gasteiger partial charge in [0.2, 0.25) is 5.91 Å². The Kier molecular flexibility index (Phi) is 3.98. The summed E-state index contributed by atoms with van der Waals surface area (Å²) in [6.07, 6.45) is 4.75. The van der Waals surface area contributed by atoms with E-state index in [1.165, 1.54) is 0 Å². The summed E-state index contributed by atoms with van der Waals surface area (Å²) in [7, 11) is 2.05. The number of amides is 1. The number of piperidine rings is 1. The second kappa shape index (κ2) is 5.89. The first-order chi connectivity index (χ1) is 9.74. The summed E-state index contributed by atoms with van der Waals surface area (Å²) in [4.78, 5) is 18.7. The molecule has 1 aromatic rings. The van der Waals surface area contributed by atoms with Crippen LogP contribution in [0.1, 0.15) is 12.0 Å². The van der Waals surface area contributed by atoms with Crippen molar-refractivity contribution in [1.82, 2.24) is 15.2 Å². The Morgan fingerprint density at radius 1 is 1.55 bits per heavy atom. The van der Waals surface area contributed by atoms with E-state index in [1.54, 1.807) is 12.4 Å². The number of hydrogen-bond donors (Lipinski definition) is 1. The number of nitrogens with one attached hydrogen (secondary N) is 1. The Balaban J connectivity index is 1.61. The van der Waals surface area contributed by atoms with Gasteiger partial charge in [0.05, 0.1) is 12.0 Å². The number of fused-ring (bicyclic) bond motifs is 1. The molecule has 0 aliphatic carbocycles. The van der Waals surface area contributed by atoms with E-state index >= 15 is 0 Å². The lowest BCUT2D eigenvalue weighted by molar-refractivity contribution is -0.130. The van der Waals surface area contributed by atoms with Gasteiger partial charge in [-0.25, -0.2) is 0 Å². The normalized spacial score (nSPS) is 29.9. The molecular formula is C15H21N3O2. The molecule has 2 saturated heterocycles. The summed E-state index contributed by atoms with van der Waals surface area (Å²) in [6.45, 7) is 3.10. The van der Waals surface area contributed by atoms with Crippen LogP contribution >= 0.6 is 0 Å². The van der Waals surface area contributed by atoms with Gasteiger partial charge in [-0.2, -0.15) is 0 Å². The van der Waals surface area contributed by atoms with E-state index < -0.39 is 0 Å². The van der Waals surface area contributed by atoms with Crippen LogP contribution in [0.3, 0.4) is 0 Å². The first-order valence-corrected chi connectivity index (χ1v) is 7.21. The Bertz CT molecular complexity index is 465. The minimum absolute atomic E-state index is 0.0397. The van der Waals surface area contributed by atoms with E-state index in [-0.39, 0.29) is 17.9 Å². The third-order valence-electron chi connectivity index (χ3n) is 4.30. The summed E-state index contributed by atoms with van der Waals surface area (Å²) in [6, 6.07) is 3.86. The van der Waals surface area contributed by atoms with Gasteiger partial charge in [-0.1, -0.05) is 6.07 Å². The van der Waals surface area contributed by atoms with Crippen molar-refractivity contribution in [3.8, 4) is 0 Å². The van der Waals surface area contributed by atoms with Crippen LogP contribution in [-0.4, -0.2) is 48.6 Å². The lowest BCUT2D eigenvalue weighted by Crippen LogP contribution is -2.51. The molecule has 1 amide bonds. The molecule has 0 unspecified atom stereocenters. The Morgan fingerprint density at radius 2 is 2.45 bits per heavy atom. The molecule has 0 spiro atoms. The average Bonchev–Trinajstić information content (AvgIpc) is 2.93. The highest BCUT2D eigenvalue weighted by Gasteiger charge is 2.42. The van der Waals surface area contributed by atoms with Crippen LogP contribution in [0.2, 0.25) is 0 Å². The molecule has 3 atom stereocenters. The molecule has 3 heterocycles. The minimum atomic E-state index is 0.0397.